The SMILES string of the molecule is CCCCCCCCCCCCOCCCNC(=O)c1cc(Br)c2c(NC(=O)OCC)cccc2c1O. The highest BCUT2D eigenvalue weighted by Crippen LogP contribution is 2.38. The van der Waals surface area contributed by atoms with Crippen LogP contribution in [-0.4, -0.2) is 43.5 Å². The van der Waals surface area contributed by atoms with Gasteiger partial charge in [0.15, 0.2) is 0 Å². The molecule has 2 amide bonds. The fourth-order valence-corrected chi connectivity index (χ4v) is 4.89. The second-order valence-corrected chi connectivity index (χ2v) is 10.1. The first-order valence-corrected chi connectivity index (χ1v) is 14.5. The van der Waals surface area contributed by atoms with E-state index < -0.39 is 6.09 Å². The summed E-state index contributed by atoms with van der Waals surface area (Å²) in [7, 11) is 0. The van der Waals surface area contributed by atoms with Crippen molar-refractivity contribution in [1.82, 2.24) is 5.32 Å². The van der Waals surface area contributed by atoms with Gasteiger partial charge in [-0.1, -0.05) is 92.8 Å². The Balaban J connectivity index is 1.69. The molecule has 0 saturated carbocycles. The van der Waals surface area contributed by atoms with Crippen LogP contribution in [0.25, 0.3) is 10.8 Å². The lowest BCUT2D eigenvalue weighted by atomic mass is 10.0. The maximum Gasteiger partial charge on any atom is 0.411 e. The molecule has 2 rings (SSSR count). The molecule has 0 radical (unpaired) electrons. The van der Waals surface area contributed by atoms with E-state index in [4.69, 9.17) is 9.47 Å². The first-order valence-electron chi connectivity index (χ1n) is 13.7. The standard InChI is InChI=1S/C29H43BrN2O5/c1-3-5-6-7-8-9-10-11-12-13-19-36-20-15-18-31-28(34)23-21-24(30)26-22(27(23)33)16-14-17-25(26)32-29(35)37-4-2/h14,16-17,21,33H,3-13,15,18-20H2,1-2H3,(H,31,34)(H,32,35). The van der Waals surface area contributed by atoms with E-state index in [0.717, 1.165) is 13.0 Å². The Hall–Kier alpha value is -2.32. The van der Waals surface area contributed by atoms with Gasteiger partial charge in [-0.25, -0.2) is 4.79 Å². The number of phenols is 1. The highest BCUT2D eigenvalue weighted by Gasteiger charge is 2.19. The van der Waals surface area contributed by atoms with Crippen molar-refractivity contribution >= 4 is 44.4 Å². The molecule has 8 heteroatoms. The molecule has 37 heavy (non-hydrogen) atoms. The lowest BCUT2D eigenvalue weighted by molar-refractivity contribution is 0.0937. The molecule has 0 saturated heterocycles. The van der Waals surface area contributed by atoms with Crippen molar-refractivity contribution in [3.05, 3.63) is 34.3 Å². The molecule has 0 aliphatic rings. The number of carbonyl (C=O) groups is 2. The molecule has 7 nitrogen and oxygen atoms in total. The number of carbonyl (C=O) groups excluding carboxylic acids is 2. The van der Waals surface area contributed by atoms with Crippen molar-refractivity contribution in [2.45, 2.75) is 84.5 Å². The van der Waals surface area contributed by atoms with Crippen LogP contribution >= 0.6 is 15.9 Å². The average Bonchev–Trinajstić information content (AvgIpc) is 2.88. The van der Waals surface area contributed by atoms with Crippen LogP contribution in [-0.2, 0) is 9.47 Å². The summed E-state index contributed by atoms with van der Waals surface area (Å²) in [6, 6.07) is 6.66. The van der Waals surface area contributed by atoms with Crippen LogP contribution < -0.4 is 10.6 Å². The van der Waals surface area contributed by atoms with Crippen molar-refractivity contribution in [2.75, 3.05) is 31.7 Å². The van der Waals surface area contributed by atoms with E-state index in [0.29, 0.717) is 40.5 Å². The van der Waals surface area contributed by atoms with E-state index in [1.807, 2.05) is 0 Å². The third-order valence-corrected chi connectivity index (χ3v) is 6.86. The number of anilines is 1. The molecule has 0 heterocycles. The topological polar surface area (TPSA) is 96.9 Å². The molecular formula is C29H43BrN2O5. The van der Waals surface area contributed by atoms with Crippen LogP contribution in [0.4, 0.5) is 10.5 Å². The first-order chi connectivity index (χ1) is 18.0. The summed E-state index contributed by atoms with van der Waals surface area (Å²) >= 11 is 3.48. The van der Waals surface area contributed by atoms with Crippen LogP contribution in [0, 0.1) is 0 Å². The van der Waals surface area contributed by atoms with Gasteiger partial charge in [-0.2, -0.15) is 0 Å². The second-order valence-electron chi connectivity index (χ2n) is 9.23. The number of unbranched alkanes of at least 4 members (excludes halogenated alkanes) is 9. The highest BCUT2D eigenvalue weighted by atomic mass is 79.9. The summed E-state index contributed by atoms with van der Waals surface area (Å²) in [5.74, 6) is -0.501. The van der Waals surface area contributed by atoms with E-state index in [1.165, 1.54) is 57.8 Å². The molecule has 2 aromatic carbocycles. The van der Waals surface area contributed by atoms with Gasteiger partial charge in [0.05, 0.1) is 17.9 Å². The van der Waals surface area contributed by atoms with Gasteiger partial charge in [-0.05, 0) is 31.9 Å². The molecule has 3 N–H and O–H groups in total. The van der Waals surface area contributed by atoms with Gasteiger partial charge in [0.2, 0.25) is 0 Å². The summed E-state index contributed by atoms with van der Waals surface area (Å²) in [6.07, 6.45) is 13.1. The van der Waals surface area contributed by atoms with Crippen LogP contribution in [0.2, 0.25) is 0 Å². The number of hydrogen-bond acceptors (Lipinski definition) is 5. The number of ether oxygens (including phenoxy) is 2. The van der Waals surface area contributed by atoms with Crippen LogP contribution in [0.5, 0.6) is 5.75 Å². The van der Waals surface area contributed by atoms with Crippen molar-refractivity contribution in [3.8, 4) is 5.75 Å². The zero-order chi connectivity index (χ0) is 26.9. The van der Waals surface area contributed by atoms with Crippen molar-refractivity contribution in [3.63, 3.8) is 0 Å². The summed E-state index contributed by atoms with van der Waals surface area (Å²) in [5, 5.41) is 17.3. The largest absolute Gasteiger partial charge is 0.506 e. The van der Waals surface area contributed by atoms with Crippen molar-refractivity contribution < 1.29 is 24.2 Å². The third-order valence-electron chi connectivity index (χ3n) is 6.23. The Bertz CT molecular complexity index is 982. The normalized spacial score (nSPS) is 11.0. The Labute approximate surface area is 229 Å². The average molecular weight is 580 g/mol. The fraction of sp³-hybridized carbons (Fsp3) is 0.586. The van der Waals surface area contributed by atoms with Gasteiger partial charge in [-0.3, -0.25) is 10.1 Å². The van der Waals surface area contributed by atoms with E-state index in [2.05, 4.69) is 33.5 Å². The van der Waals surface area contributed by atoms with Crippen LogP contribution in [0.1, 0.15) is 94.8 Å². The number of hydrogen-bond donors (Lipinski definition) is 3. The zero-order valence-corrected chi connectivity index (χ0v) is 24.0. The number of halogens is 1. The number of fused-ring (bicyclic) bond motifs is 1. The molecule has 0 spiro atoms. The van der Waals surface area contributed by atoms with E-state index in [9.17, 15) is 14.7 Å². The summed E-state index contributed by atoms with van der Waals surface area (Å²) < 4.78 is 11.2. The molecule has 0 atom stereocenters. The molecule has 0 aliphatic heterocycles. The Morgan fingerprint density at radius 1 is 0.919 bits per heavy atom. The predicted octanol–water partition coefficient (Wildman–Crippen LogP) is 7.93. The minimum absolute atomic E-state index is 0.139. The second kappa shape index (κ2) is 18.0. The molecule has 0 unspecified atom stereocenters. The summed E-state index contributed by atoms with van der Waals surface area (Å²) in [5.41, 5.74) is 0.642. The Morgan fingerprint density at radius 3 is 2.24 bits per heavy atom. The van der Waals surface area contributed by atoms with Gasteiger partial charge in [0.25, 0.3) is 5.91 Å². The number of phenolic OH excluding ortho intramolecular Hbond substituents is 1. The Morgan fingerprint density at radius 2 is 1.57 bits per heavy atom. The maximum absolute atomic E-state index is 12.7. The number of amides is 2. The molecule has 2 aromatic rings. The molecule has 0 aromatic heterocycles. The fourth-order valence-electron chi connectivity index (χ4n) is 4.24. The van der Waals surface area contributed by atoms with E-state index >= 15 is 0 Å². The predicted molar refractivity (Wildman–Crippen MR) is 154 cm³/mol. The number of aromatic hydroxyl groups is 1. The van der Waals surface area contributed by atoms with Gasteiger partial charge in [0, 0.05) is 35.0 Å². The van der Waals surface area contributed by atoms with E-state index in [-0.39, 0.29) is 23.8 Å². The van der Waals surface area contributed by atoms with Crippen LogP contribution in [0.15, 0.2) is 28.7 Å². The maximum atomic E-state index is 12.7. The van der Waals surface area contributed by atoms with Crippen LogP contribution in [0.3, 0.4) is 0 Å². The lowest BCUT2D eigenvalue weighted by Gasteiger charge is -2.14. The Kier molecular flexibility index (Phi) is 15.0. The zero-order valence-electron chi connectivity index (χ0n) is 22.4. The van der Waals surface area contributed by atoms with Gasteiger partial charge in [-0.15, -0.1) is 0 Å². The quantitative estimate of drug-likeness (QED) is 0.156. The minimum atomic E-state index is -0.585. The molecule has 0 bridgehead atoms. The van der Waals surface area contributed by atoms with Crippen molar-refractivity contribution in [2.24, 2.45) is 0 Å². The summed E-state index contributed by atoms with van der Waals surface area (Å²) in [6.45, 7) is 6.02. The number of benzene rings is 2. The molecule has 0 fully saturated rings. The first kappa shape index (κ1) is 30.9. The smallest absolute Gasteiger partial charge is 0.411 e. The van der Waals surface area contributed by atoms with Gasteiger partial charge in [0.1, 0.15) is 5.75 Å². The molecule has 206 valence electrons. The lowest BCUT2D eigenvalue weighted by Crippen LogP contribution is -2.25. The number of rotatable bonds is 18. The monoisotopic (exact) mass is 578 g/mol. The van der Waals surface area contributed by atoms with Gasteiger partial charge < -0.3 is 19.9 Å². The summed E-state index contributed by atoms with van der Waals surface area (Å²) in [4.78, 5) is 24.6. The highest BCUT2D eigenvalue weighted by molar-refractivity contribution is 9.10. The molecule has 0 aliphatic carbocycles. The number of nitrogens with one attached hydrogen (secondary N) is 2. The minimum Gasteiger partial charge on any atom is -0.506 e. The van der Waals surface area contributed by atoms with E-state index in [1.54, 1.807) is 31.2 Å². The van der Waals surface area contributed by atoms with Crippen molar-refractivity contribution in [1.29, 1.82) is 0 Å². The third kappa shape index (κ3) is 10.9. The molecular weight excluding hydrogens is 536 g/mol. The van der Waals surface area contributed by atoms with Gasteiger partial charge >= 0.3 is 6.09 Å².